The van der Waals surface area contributed by atoms with Gasteiger partial charge in [-0.05, 0) is 37.3 Å². The molecular weight excluding hydrogens is 304 g/mol. The molecule has 4 atom stereocenters. The molecule has 3 N–H and O–H groups in total. The SMILES string of the molecule is CCO[C@H]1C[C@@H](NC(=O)N[C@H]2c3ccccc3C[C@H]2O)C12CCC2. The zero-order chi connectivity index (χ0) is 16.7. The normalized spacial score (nSPS) is 32.6. The van der Waals surface area contributed by atoms with Gasteiger partial charge in [-0.25, -0.2) is 4.79 Å². The molecule has 1 aromatic rings. The van der Waals surface area contributed by atoms with Crippen molar-refractivity contribution in [2.75, 3.05) is 6.61 Å². The van der Waals surface area contributed by atoms with Gasteiger partial charge < -0.3 is 20.5 Å². The van der Waals surface area contributed by atoms with E-state index in [4.69, 9.17) is 4.74 Å². The molecule has 2 saturated carbocycles. The third kappa shape index (κ3) is 2.42. The van der Waals surface area contributed by atoms with Crippen LogP contribution >= 0.6 is 0 Å². The molecule has 2 fully saturated rings. The zero-order valence-electron chi connectivity index (χ0n) is 14.1. The van der Waals surface area contributed by atoms with Gasteiger partial charge in [-0.1, -0.05) is 30.7 Å². The van der Waals surface area contributed by atoms with E-state index in [2.05, 4.69) is 10.6 Å². The highest BCUT2D eigenvalue weighted by atomic mass is 16.5. The molecule has 4 rings (SSSR count). The standard InChI is InChI=1S/C19H26N2O3/c1-2-24-16-11-15(19(16)8-5-9-19)20-18(23)21-17-13-7-4-3-6-12(13)10-14(17)22/h3-4,6-7,14-17,22H,2,5,8-11H2,1H3,(H2,20,21,23)/t14-,15-,16+,17+/m1/s1. The number of amides is 2. The summed E-state index contributed by atoms with van der Waals surface area (Å²) in [6.07, 6.45) is 4.72. The lowest BCUT2D eigenvalue weighted by atomic mass is 9.51. The van der Waals surface area contributed by atoms with E-state index < -0.39 is 6.10 Å². The van der Waals surface area contributed by atoms with Crippen LogP contribution in [0.3, 0.4) is 0 Å². The van der Waals surface area contributed by atoms with Crippen molar-refractivity contribution in [3.8, 4) is 0 Å². The van der Waals surface area contributed by atoms with E-state index in [0.29, 0.717) is 12.5 Å². The van der Waals surface area contributed by atoms with Crippen LogP contribution < -0.4 is 10.6 Å². The molecule has 130 valence electrons. The maximum Gasteiger partial charge on any atom is 0.315 e. The molecule has 0 saturated heterocycles. The van der Waals surface area contributed by atoms with Crippen molar-refractivity contribution in [1.29, 1.82) is 0 Å². The van der Waals surface area contributed by atoms with Crippen LogP contribution in [0.2, 0.25) is 0 Å². The number of rotatable bonds is 4. The molecule has 3 aliphatic rings. The number of nitrogens with one attached hydrogen (secondary N) is 2. The molecule has 0 aliphatic heterocycles. The van der Waals surface area contributed by atoms with Gasteiger partial charge in [0.25, 0.3) is 0 Å². The van der Waals surface area contributed by atoms with E-state index in [1.165, 1.54) is 6.42 Å². The third-order valence-electron chi connectivity index (χ3n) is 6.23. The largest absolute Gasteiger partial charge is 0.390 e. The molecule has 5 nitrogen and oxygen atoms in total. The summed E-state index contributed by atoms with van der Waals surface area (Å²) in [5, 5.41) is 16.4. The number of hydrogen-bond donors (Lipinski definition) is 3. The van der Waals surface area contributed by atoms with Crippen molar-refractivity contribution < 1.29 is 14.6 Å². The molecular formula is C19H26N2O3. The number of urea groups is 1. The quantitative estimate of drug-likeness (QED) is 0.793. The Morgan fingerprint density at radius 2 is 2.12 bits per heavy atom. The number of carbonyl (C=O) groups is 1. The van der Waals surface area contributed by atoms with Crippen LogP contribution in [0, 0.1) is 5.41 Å². The minimum atomic E-state index is -0.552. The summed E-state index contributed by atoms with van der Waals surface area (Å²) in [6, 6.07) is 7.61. The third-order valence-corrected chi connectivity index (χ3v) is 6.23. The van der Waals surface area contributed by atoms with Crippen molar-refractivity contribution in [3.63, 3.8) is 0 Å². The molecule has 5 heteroatoms. The molecule has 1 spiro atoms. The van der Waals surface area contributed by atoms with Gasteiger partial charge in [-0.2, -0.15) is 0 Å². The molecule has 0 heterocycles. The predicted octanol–water partition coefficient (Wildman–Crippen LogP) is 2.29. The Morgan fingerprint density at radius 3 is 2.83 bits per heavy atom. The van der Waals surface area contributed by atoms with Gasteiger partial charge in [0.05, 0.1) is 18.2 Å². The van der Waals surface area contributed by atoms with Crippen LogP contribution in [0.25, 0.3) is 0 Å². The fourth-order valence-corrected chi connectivity index (χ4v) is 4.73. The van der Waals surface area contributed by atoms with Crippen LogP contribution in [0.5, 0.6) is 0 Å². The lowest BCUT2D eigenvalue weighted by Crippen LogP contribution is -2.68. The molecule has 3 aliphatic carbocycles. The van der Waals surface area contributed by atoms with Gasteiger partial charge in [-0.3, -0.25) is 0 Å². The topological polar surface area (TPSA) is 70.6 Å². The number of benzene rings is 1. The summed E-state index contributed by atoms with van der Waals surface area (Å²) >= 11 is 0. The Kier molecular flexibility index (Phi) is 4.01. The van der Waals surface area contributed by atoms with Gasteiger partial charge in [0.2, 0.25) is 0 Å². The Morgan fingerprint density at radius 1 is 1.33 bits per heavy atom. The number of fused-ring (bicyclic) bond motifs is 1. The fourth-order valence-electron chi connectivity index (χ4n) is 4.73. The predicted molar refractivity (Wildman–Crippen MR) is 90.7 cm³/mol. The minimum Gasteiger partial charge on any atom is -0.390 e. The van der Waals surface area contributed by atoms with Crippen LogP contribution in [-0.4, -0.2) is 36.0 Å². The highest BCUT2D eigenvalue weighted by molar-refractivity contribution is 5.75. The lowest BCUT2D eigenvalue weighted by molar-refractivity contribution is -0.169. The summed E-state index contributed by atoms with van der Waals surface area (Å²) in [7, 11) is 0. The van der Waals surface area contributed by atoms with Crippen LogP contribution in [0.15, 0.2) is 24.3 Å². The first-order valence-electron chi connectivity index (χ1n) is 9.08. The Hall–Kier alpha value is -1.59. The first kappa shape index (κ1) is 15.9. The summed E-state index contributed by atoms with van der Waals surface area (Å²) in [5.74, 6) is 0. The lowest BCUT2D eigenvalue weighted by Gasteiger charge is -2.60. The van der Waals surface area contributed by atoms with Crippen molar-refractivity contribution in [2.24, 2.45) is 5.41 Å². The summed E-state index contributed by atoms with van der Waals surface area (Å²) in [5.41, 5.74) is 2.30. The van der Waals surface area contributed by atoms with Crippen LogP contribution in [0.1, 0.15) is 49.8 Å². The second-order valence-corrected chi connectivity index (χ2v) is 7.38. The second-order valence-electron chi connectivity index (χ2n) is 7.38. The summed E-state index contributed by atoms with van der Waals surface area (Å²) < 4.78 is 5.83. The molecule has 1 aromatic carbocycles. The molecule has 0 aromatic heterocycles. The van der Waals surface area contributed by atoms with Gasteiger partial charge >= 0.3 is 6.03 Å². The highest BCUT2D eigenvalue weighted by Gasteiger charge is 2.59. The fraction of sp³-hybridized carbons (Fsp3) is 0.632. The van der Waals surface area contributed by atoms with Gasteiger partial charge in [0, 0.05) is 24.5 Å². The van der Waals surface area contributed by atoms with Crippen LogP contribution in [0.4, 0.5) is 4.79 Å². The average molecular weight is 330 g/mol. The number of aliphatic hydroxyl groups excluding tert-OH is 1. The Balaban J connectivity index is 1.38. The van der Waals surface area contributed by atoms with E-state index >= 15 is 0 Å². The van der Waals surface area contributed by atoms with Crippen molar-refractivity contribution >= 4 is 6.03 Å². The van der Waals surface area contributed by atoms with E-state index in [0.717, 1.165) is 37.0 Å². The maximum absolute atomic E-state index is 12.5. The first-order valence-corrected chi connectivity index (χ1v) is 9.08. The maximum atomic E-state index is 12.5. The number of ether oxygens (including phenoxy) is 1. The van der Waals surface area contributed by atoms with E-state index in [1.807, 2.05) is 31.2 Å². The monoisotopic (exact) mass is 330 g/mol. The molecule has 0 radical (unpaired) electrons. The highest BCUT2D eigenvalue weighted by Crippen LogP contribution is 2.57. The van der Waals surface area contributed by atoms with Crippen molar-refractivity contribution in [2.45, 2.75) is 63.3 Å². The van der Waals surface area contributed by atoms with Gasteiger partial charge in [0.1, 0.15) is 0 Å². The molecule has 2 amide bonds. The van der Waals surface area contributed by atoms with Crippen molar-refractivity contribution in [1.82, 2.24) is 10.6 Å². The van der Waals surface area contributed by atoms with E-state index in [1.54, 1.807) is 0 Å². The van der Waals surface area contributed by atoms with E-state index in [-0.39, 0.29) is 23.5 Å². The second kappa shape index (κ2) is 6.05. The summed E-state index contributed by atoms with van der Waals surface area (Å²) in [6.45, 7) is 2.76. The molecule has 24 heavy (non-hydrogen) atoms. The Labute approximate surface area is 142 Å². The minimum absolute atomic E-state index is 0.152. The number of hydrogen-bond acceptors (Lipinski definition) is 3. The van der Waals surface area contributed by atoms with E-state index in [9.17, 15) is 9.90 Å². The Bertz CT molecular complexity index is 629. The zero-order valence-corrected chi connectivity index (χ0v) is 14.1. The van der Waals surface area contributed by atoms with Gasteiger partial charge in [0.15, 0.2) is 0 Å². The number of carbonyl (C=O) groups excluding carboxylic acids is 1. The van der Waals surface area contributed by atoms with Crippen LogP contribution in [-0.2, 0) is 11.2 Å². The average Bonchev–Trinajstić information content (AvgIpc) is 2.80. The van der Waals surface area contributed by atoms with Crippen molar-refractivity contribution in [3.05, 3.63) is 35.4 Å². The molecule has 0 bridgehead atoms. The first-order chi connectivity index (χ1) is 11.6. The summed E-state index contributed by atoms with van der Waals surface area (Å²) in [4.78, 5) is 12.5. The smallest absolute Gasteiger partial charge is 0.315 e. The number of aliphatic hydroxyl groups is 1. The van der Waals surface area contributed by atoms with Gasteiger partial charge in [-0.15, -0.1) is 0 Å². The molecule has 0 unspecified atom stereocenters.